The van der Waals surface area contributed by atoms with E-state index in [4.69, 9.17) is 0 Å². The third kappa shape index (κ3) is 3.14. The Balaban J connectivity index is 1.66. The summed E-state index contributed by atoms with van der Waals surface area (Å²) in [4.78, 5) is 27.9. The minimum absolute atomic E-state index is 0.0528. The first-order valence-corrected chi connectivity index (χ1v) is 9.00. The van der Waals surface area contributed by atoms with Crippen LogP contribution in [-0.2, 0) is 9.59 Å². The summed E-state index contributed by atoms with van der Waals surface area (Å²) in [5, 5.41) is 8.90. The Kier molecular flexibility index (Phi) is 4.31. The Morgan fingerprint density at radius 3 is 2.89 bits per heavy atom. The summed E-state index contributed by atoms with van der Waals surface area (Å²) in [6.07, 6.45) is 3.52. The van der Waals surface area contributed by atoms with Crippen molar-refractivity contribution in [2.75, 3.05) is 17.2 Å². The van der Waals surface area contributed by atoms with Crippen molar-refractivity contribution in [1.82, 2.24) is 10.3 Å². The van der Waals surface area contributed by atoms with Crippen LogP contribution < -0.4 is 16.0 Å². The van der Waals surface area contributed by atoms with E-state index in [2.05, 4.69) is 20.9 Å². The highest BCUT2D eigenvalue weighted by molar-refractivity contribution is 6.34. The molecule has 0 spiro atoms. The molecule has 2 amide bonds. The number of aryl methyl sites for hydroxylation is 1. The van der Waals surface area contributed by atoms with Gasteiger partial charge in [-0.1, -0.05) is 0 Å². The molecule has 0 saturated carbocycles. The molecule has 1 aromatic carbocycles. The number of nitrogens with one attached hydrogen (secondary N) is 4. The van der Waals surface area contributed by atoms with Gasteiger partial charge in [0.25, 0.3) is 5.91 Å². The van der Waals surface area contributed by atoms with Gasteiger partial charge in [0.15, 0.2) is 0 Å². The van der Waals surface area contributed by atoms with E-state index < -0.39 is 5.82 Å². The number of aromatic nitrogens is 1. The van der Waals surface area contributed by atoms with E-state index in [0.29, 0.717) is 22.5 Å². The molecule has 1 unspecified atom stereocenters. The number of rotatable bonds is 3. The number of anilines is 2. The number of carbonyl (C=O) groups excluding carboxylic acids is 2. The highest BCUT2D eigenvalue weighted by Crippen LogP contribution is 2.35. The number of amides is 2. The van der Waals surface area contributed by atoms with Crippen LogP contribution in [0.3, 0.4) is 0 Å². The smallest absolute Gasteiger partial charge is 0.256 e. The second-order valence-electron chi connectivity index (χ2n) is 7.00. The number of benzene rings is 1. The van der Waals surface area contributed by atoms with Gasteiger partial charge in [-0.3, -0.25) is 9.59 Å². The lowest BCUT2D eigenvalue weighted by Gasteiger charge is -2.11. The predicted octanol–water partition coefficient (Wildman–Crippen LogP) is 2.95. The first-order chi connectivity index (χ1) is 12.9. The minimum Gasteiger partial charge on any atom is -0.357 e. The molecule has 3 heterocycles. The number of hydrogen-bond acceptors (Lipinski definition) is 3. The van der Waals surface area contributed by atoms with E-state index in [-0.39, 0.29) is 17.9 Å². The van der Waals surface area contributed by atoms with E-state index in [0.717, 1.165) is 36.3 Å². The van der Waals surface area contributed by atoms with Crippen LogP contribution in [0.25, 0.3) is 11.6 Å². The second-order valence-corrected chi connectivity index (χ2v) is 7.00. The molecule has 0 radical (unpaired) electrons. The maximum Gasteiger partial charge on any atom is 0.256 e. The zero-order valence-electron chi connectivity index (χ0n) is 15.2. The number of hydrogen-bond donors (Lipinski definition) is 4. The van der Waals surface area contributed by atoms with Gasteiger partial charge in [-0.05, 0) is 63.1 Å². The average Bonchev–Trinajstić information content (AvgIpc) is 3.32. The third-order valence-corrected chi connectivity index (χ3v) is 5.15. The number of aromatic amines is 1. The normalized spacial score (nSPS) is 20.0. The summed E-state index contributed by atoms with van der Waals surface area (Å²) in [5.41, 5.74) is 4.60. The first kappa shape index (κ1) is 17.5. The average molecular weight is 368 g/mol. The molecule has 2 aliphatic rings. The fourth-order valence-electron chi connectivity index (χ4n) is 3.67. The second kappa shape index (κ2) is 6.66. The van der Waals surface area contributed by atoms with Gasteiger partial charge in [0.2, 0.25) is 5.91 Å². The molecule has 1 aromatic heterocycles. The number of carbonyl (C=O) groups is 2. The Morgan fingerprint density at radius 2 is 2.15 bits per heavy atom. The molecule has 4 N–H and O–H groups in total. The third-order valence-electron chi connectivity index (χ3n) is 5.15. The molecule has 1 saturated heterocycles. The summed E-state index contributed by atoms with van der Waals surface area (Å²) in [7, 11) is 0. The molecular weight excluding hydrogens is 347 g/mol. The van der Waals surface area contributed by atoms with Gasteiger partial charge in [0.1, 0.15) is 5.82 Å². The molecule has 27 heavy (non-hydrogen) atoms. The number of halogens is 1. The molecule has 6 nitrogen and oxygen atoms in total. The van der Waals surface area contributed by atoms with Crippen LogP contribution in [0.4, 0.5) is 15.8 Å². The van der Waals surface area contributed by atoms with Crippen LogP contribution in [0.2, 0.25) is 0 Å². The van der Waals surface area contributed by atoms with Crippen LogP contribution in [0.1, 0.15) is 35.4 Å². The molecule has 0 bridgehead atoms. The quantitative estimate of drug-likeness (QED) is 0.629. The Morgan fingerprint density at radius 1 is 1.33 bits per heavy atom. The number of H-pyrrole nitrogens is 1. The summed E-state index contributed by atoms with van der Waals surface area (Å²) >= 11 is 0. The van der Waals surface area contributed by atoms with Gasteiger partial charge in [-0.25, -0.2) is 4.39 Å². The lowest BCUT2D eigenvalue weighted by atomic mass is 10.0. The van der Waals surface area contributed by atoms with Gasteiger partial charge in [-0.15, -0.1) is 0 Å². The van der Waals surface area contributed by atoms with Gasteiger partial charge in [-0.2, -0.15) is 0 Å². The van der Waals surface area contributed by atoms with Crippen LogP contribution >= 0.6 is 0 Å². The molecule has 140 valence electrons. The fourth-order valence-corrected chi connectivity index (χ4v) is 3.67. The highest BCUT2D eigenvalue weighted by Gasteiger charge is 2.26. The van der Waals surface area contributed by atoms with Gasteiger partial charge in [0, 0.05) is 22.6 Å². The van der Waals surface area contributed by atoms with Crippen molar-refractivity contribution in [1.29, 1.82) is 0 Å². The lowest BCUT2D eigenvalue weighted by molar-refractivity contribution is -0.117. The van der Waals surface area contributed by atoms with Crippen molar-refractivity contribution in [2.24, 2.45) is 0 Å². The zero-order chi connectivity index (χ0) is 19.1. The zero-order valence-corrected chi connectivity index (χ0v) is 15.2. The fraction of sp³-hybridized carbons (Fsp3) is 0.300. The minimum atomic E-state index is -0.396. The van der Waals surface area contributed by atoms with E-state index in [1.165, 1.54) is 12.1 Å². The lowest BCUT2D eigenvalue weighted by Crippen LogP contribution is -2.35. The molecule has 4 rings (SSSR count). The monoisotopic (exact) mass is 368 g/mol. The van der Waals surface area contributed by atoms with Crippen LogP contribution in [0.5, 0.6) is 0 Å². The highest BCUT2D eigenvalue weighted by atomic mass is 19.1. The molecule has 2 aliphatic heterocycles. The Labute approximate surface area is 156 Å². The SMILES string of the molecule is Cc1[nH]c(/C=C2\C(=O)Nc3ccc(F)cc32)c(C)c1NC(=O)C1CCCN1. The van der Waals surface area contributed by atoms with Crippen molar-refractivity contribution < 1.29 is 14.0 Å². The largest absolute Gasteiger partial charge is 0.357 e. The van der Waals surface area contributed by atoms with E-state index in [1.807, 2.05) is 13.8 Å². The maximum atomic E-state index is 13.6. The summed E-state index contributed by atoms with van der Waals surface area (Å²) in [6, 6.07) is 4.04. The van der Waals surface area contributed by atoms with Crippen LogP contribution in [0, 0.1) is 19.7 Å². The van der Waals surface area contributed by atoms with Gasteiger partial charge in [0.05, 0.1) is 17.3 Å². The predicted molar refractivity (Wildman–Crippen MR) is 103 cm³/mol. The Hall–Kier alpha value is -2.93. The summed E-state index contributed by atoms with van der Waals surface area (Å²) in [6.45, 7) is 4.60. The topological polar surface area (TPSA) is 86.0 Å². The molecule has 7 heteroatoms. The molecule has 2 aromatic rings. The van der Waals surface area contributed by atoms with E-state index in [1.54, 1.807) is 12.1 Å². The van der Waals surface area contributed by atoms with Crippen molar-refractivity contribution in [3.05, 3.63) is 46.5 Å². The number of fused-ring (bicyclic) bond motifs is 1. The van der Waals surface area contributed by atoms with Gasteiger partial charge >= 0.3 is 0 Å². The molecule has 0 aliphatic carbocycles. The molecule has 1 atom stereocenters. The van der Waals surface area contributed by atoms with Crippen LogP contribution in [-0.4, -0.2) is 29.4 Å². The van der Waals surface area contributed by atoms with E-state index >= 15 is 0 Å². The standard InChI is InChI=1S/C20H21FN4O2/c1-10-17(9-14-13-8-12(21)5-6-15(13)24-19(14)26)23-11(2)18(10)25-20(27)16-4-3-7-22-16/h5-6,8-9,16,22-23H,3-4,7H2,1-2H3,(H,24,26)(H,25,27)/b14-9-. The molecular formula is C20H21FN4O2. The van der Waals surface area contributed by atoms with Crippen molar-refractivity contribution in [3.63, 3.8) is 0 Å². The Bertz CT molecular complexity index is 971. The first-order valence-electron chi connectivity index (χ1n) is 9.00. The molecule has 1 fully saturated rings. The van der Waals surface area contributed by atoms with Crippen molar-refractivity contribution in [2.45, 2.75) is 32.7 Å². The van der Waals surface area contributed by atoms with Crippen molar-refractivity contribution in [3.8, 4) is 0 Å². The van der Waals surface area contributed by atoms with Gasteiger partial charge < -0.3 is 20.9 Å². The summed E-state index contributed by atoms with van der Waals surface area (Å²) in [5.74, 6) is -0.724. The summed E-state index contributed by atoms with van der Waals surface area (Å²) < 4.78 is 13.6. The van der Waals surface area contributed by atoms with E-state index in [9.17, 15) is 14.0 Å². The van der Waals surface area contributed by atoms with Crippen LogP contribution in [0.15, 0.2) is 18.2 Å². The van der Waals surface area contributed by atoms with Crippen molar-refractivity contribution >= 4 is 34.8 Å². The maximum absolute atomic E-state index is 13.6.